The summed E-state index contributed by atoms with van der Waals surface area (Å²) in [6, 6.07) is 13.7. The average molecular weight is 543 g/mol. The minimum atomic E-state index is -4.90. The summed E-state index contributed by atoms with van der Waals surface area (Å²) in [4.78, 5) is 28.8. The van der Waals surface area contributed by atoms with Gasteiger partial charge in [-0.3, -0.25) is 4.90 Å². The SMILES string of the molecule is COC(=O)C1=C(C(=O)OC)N(c2ccc(N3CCOCC3)cc2C(F)(F)F)C(N)=C(C#N)C1c1ccccc1. The summed E-state index contributed by atoms with van der Waals surface area (Å²) in [7, 11) is 2.08. The van der Waals surface area contributed by atoms with Crippen LogP contribution >= 0.6 is 0 Å². The number of nitriles is 1. The molecule has 2 aliphatic heterocycles. The molecule has 2 heterocycles. The Bertz CT molecular complexity index is 1380. The second kappa shape index (κ2) is 11.1. The number of benzene rings is 2. The van der Waals surface area contributed by atoms with Crippen molar-refractivity contribution in [2.75, 3.05) is 50.3 Å². The van der Waals surface area contributed by atoms with Gasteiger partial charge in [0, 0.05) is 18.8 Å². The van der Waals surface area contributed by atoms with Crippen molar-refractivity contribution in [3.05, 3.63) is 82.3 Å². The van der Waals surface area contributed by atoms with Crippen LogP contribution in [-0.4, -0.2) is 52.5 Å². The Hall–Kier alpha value is -4.50. The lowest BCUT2D eigenvalue weighted by atomic mass is 9.80. The average Bonchev–Trinajstić information content (AvgIpc) is 2.95. The van der Waals surface area contributed by atoms with E-state index in [2.05, 4.69) is 0 Å². The van der Waals surface area contributed by atoms with Gasteiger partial charge in [0.25, 0.3) is 0 Å². The molecule has 4 rings (SSSR count). The fourth-order valence-electron chi connectivity index (χ4n) is 4.73. The summed E-state index contributed by atoms with van der Waals surface area (Å²) in [6.07, 6.45) is -4.90. The Morgan fingerprint density at radius 2 is 1.69 bits per heavy atom. The van der Waals surface area contributed by atoms with E-state index >= 15 is 0 Å². The van der Waals surface area contributed by atoms with Gasteiger partial charge < -0.3 is 24.8 Å². The van der Waals surface area contributed by atoms with Crippen molar-refractivity contribution < 1.29 is 37.0 Å². The number of hydrogen-bond acceptors (Lipinski definition) is 9. The normalized spacial score (nSPS) is 18.1. The van der Waals surface area contributed by atoms with Crippen molar-refractivity contribution in [2.24, 2.45) is 5.73 Å². The predicted molar refractivity (Wildman–Crippen MR) is 134 cm³/mol. The molecule has 1 saturated heterocycles. The molecule has 1 fully saturated rings. The first-order valence-electron chi connectivity index (χ1n) is 11.8. The predicted octanol–water partition coefficient (Wildman–Crippen LogP) is 3.44. The van der Waals surface area contributed by atoms with Gasteiger partial charge in [0.2, 0.25) is 0 Å². The van der Waals surface area contributed by atoms with E-state index in [1.165, 1.54) is 6.07 Å². The number of morpholine rings is 1. The van der Waals surface area contributed by atoms with Crippen LogP contribution in [0.1, 0.15) is 17.0 Å². The minimum Gasteiger partial charge on any atom is -0.466 e. The number of anilines is 2. The van der Waals surface area contributed by atoms with Gasteiger partial charge in [0.15, 0.2) is 0 Å². The van der Waals surface area contributed by atoms with Gasteiger partial charge in [-0.15, -0.1) is 0 Å². The molecular formula is C27H25F3N4O5. The third-order valence-electron chi connectivity index (χ3n) is 6.51. The number of methoxy groups -OCH3 is 2. The molecule has 1 unspecified atom stereocenters. The van der Waals surface area contributed by atoms with Crippen LogP contribution in [0.3, 0.4) is 0 Å². The molecule has 39 heavy (non-hydrogen) atoms. The van der Waals surface area contributed by atoms with Crippen LogP contribution < -0.4 is 15.5 Å². The number of halogens is 3. The third-order valence-corrected chi connectivity index (χ3v) is 6.51. The second-order valence-corrected chi connectivity index (χ2v) is 8.63. The molecule has 2 N–H and O–H groups in total. The lowest BCUT2D eigenvalue weighted by molar-refractivity contribution is -0.139. The zero-order valence-corrected chi connectivity index (χ0v) is 21.1. The molecule has 204 valence electrons. The summed E-state index contributed by atoms with van der Waals surface area (Å²) in [5.41, 5.74) is 4.16. The Morgan fingerprint density at radius 3 is 2.26 bits per heavy atom. The maximum absolute atomic E-state index is 14.5. The molecule has 9 nitrogen and oxygen atoms in total. The van der Waals surface area contributed by atoms with Gasteiger partial charge >= 0.3 is 18.1 Å². The first-order chi connectivity index (χ1) is 18.6. The highest BCUT2D eigenvalue weighted by molar-refractivity contribution is 6.06. The fourth-order valence-corrected chi connectivity index (χ4v) is 4.73. The monoisotopic (exact) mass is 542 g/mol. The number of nitrogens with zero attached hydrogens (tertiary/aromatic N) is 3. The van der Waals surface area contributed by atoms with E-state index in [4.69, 9.17) is 19.9 Å². The standard InChI is InChI=1S/C27H25F3N4O5/c1-37-25(35)22-21(16-6-4-3-5-7-16)18(15-31)24(32)34(23(22)26(36)38-2)20-9-8-17(14-19(20)27(28,29)30)33-10-12-39-13-11-33/h3-9,14,21H,10-13,32H2,1-2H3. The number of carbonyl (C=O) groups excluding carboxylic acids is 2. The molecule has 0 amide bonds. The maximum Gasteiger partial charge on any atom is 0.418 e. The highest BCUT2D eigenvalue weighted by Crippen LogP contribution is 2.47. The van der Waals surface area contributed by atoms with Gasteiger partial charge in [-0.1, -0.05) is 30.3 Å². The van der Waals surface area contributed by atoms with Crippen molar-refractivity contribution >= 4 is 23.3 Å². The molecule has 1 atom stereocenters. The highest BCUT2D eigenvalue weighted by atomic mass is 19.4. The van der Waals surface area contributed by atoms with Crippen molar-refractivity contribution in [3.8, 4) is 6.07 Å². The first kappa shape index (κ1) is 27.5. The lowest BCUT2D eigenvalue weighted by Crippen LogP contribution is -2.41. The summed E-state index contributed by atoms with van der Waals surface area (Å²) >= 11 is 0. The second-order valence-electron chi connectivity index (χ2n) is 8.63. The summed E-state index contributed by atoms with van der Waals surface area (Å²) in [5.74, 6) is -3.82. The van der Waals surface area contributed by atoms with E-state index in [1.54, 1.807) is 35.2 Å². The Balaban J connectivity index is 2.04. The summed E-state index contributed by atoms with van der Waals surface area (Å²) < 4.78 is 58.7. The Morgan fingerprint density at radius 1 is 1.05 bits per heavy atom. The van der Waals surface area contributed by atoms with Crippen LogP contribution in [0.15, 0.2) is 71.2 Å². The number of ether oxygens (including phenoxy) is 3. The van der Waals surface area contributed by atoms with Crippen molar-refractivity contribution in [3.63, 3.8) is 0 Å². The fraction of sp³-hybridized carbons (Fsp3) is 0.296. The molecule has 0 radical (unpaired) electrons. The quantitative estimate of drug-likeness (QED) is 0.567. The van der Waals surface area contributed by atoms with E-state index in [1.807, 2.05) is 6.07 Å². The zero-order chi connectivity index (χ0) is 28.3. The molecular weight excluding hydrogens is 517 g/mol. The van der Waals surface area contributed by atoms with Crippen LogP contribution in [0.2, 0.25) is 0 Å². The number of allylic oxidation sites excluding steroid dienone is 1. The molecule has 0 aromatic heterocycles. The molecule has 0 aliphatic carbocycles. The smallest absolute Gasteiger partial charge is 0.418 e. The minimum absolute atomic E-state index is 0.236. The maximum atomic E-state index is 14.5. The van der Waals surface area contributed by atoms with Gasteiger partial charge in [0.1, 0.15) is 11.5 Å². The van der Waals surface area contributed by atoms with Crippen LogP contribution in [0.25, 0.3) is 0 Å². The van der Waals surface area contributed by atoms with E-state index < -0.39 is 46.8 Å². The lowest BCUT2D eigenvalue weighted by Gasteiger charge is -2.37. The topological polar surface area (TPSA) is 118 Å². The van der Waals surface area contributed by atoms with E-state index in [9.17, 15) is 28.0 Å². The van der Waals surface area contributed by atoms with E-state index in [0.29, 0.717) is 31.9 Å². The van der Waals surface area contributed by atoms with E-state index in [-0.39, 0.29) is 16.8 Å². The Labute approximate surface area is 222 Å². The van der Waals surface area contributed by atoms with Crippen LogP contribution in [0.4, 0.5) is 24.5 Å². The first-order valence-corrected chi connectivity index (χ1v) is 11.8. The van der Waals surface area contributed by atoms with Crippen molar-refractivity contribution in [2.45, 2.75) is 12.1 Å². The van der Waals surface area contributed by atoms with Gasteiger partial charge in [-0.25, -0.2) is 9.59 Å². The van der Waals surface area contributed by atoms with E-state index in [0.717, 1.165) is 31.3 Å². The number of rotatable bonds is 5. The van der Waals surface area contributed by atoms with Gasteiger partial charge in [0.05, 0.1) is 61.8 Å². The van der Waals surface area contributed by atoms with Crippen molar-refractivity contribution in [1.82, 2.24) is 0 Å². The van der Waals surface area contributed by atoms with Crippen molar-refractivity contribution in [1.29, 1.82) is 5.26 Å². The largest absolute Gasteiger partial charge is 0.466 e. The number of hydrogen-bond donors (Lipinski definition) is 1. The summed E-state index contributed by atoms with van der Waals surface area (Å²) in [5, 5.41) is 10.1. The van der Waals surface area contributed by atoms with Gasteiger partial charge in [-0.05, 0) is 23.8 Å². The van der Waals surface area contributed by atoms with Crippen LogP contribution in [0, 0.1) is 11.3 Å². The molecule has 0 saturated carbocycles. The number of esters is 2. The molecule has 2 aromatic rings. The Kier molecular flexibility index (Phi) is 7.83. The molecule has 12 heteroatoms. The zero-order valence-electron chi connectivity index (χ0n) is 21.1. The molecule has 0 spiro atoms. The van der Waals surface area contributed by atoms with Crippen LogP contribution in [-0.2, 0) is 30.0 Å². The highest BCUT2D eigenvalue weighted by Gasteiger charge is 2.45. The number of carbonyl (C=O) groups is 2. The molecule has 2 aliphatic rings. The molecule has 2 aromatic carbocycles. The molecule has 0 bridgehead atoms. The third kappa shape index (κ3) is 5.13. The van der Waals surface area contributed by atoms with Gasteiger partial charge in [-0.2, -0.15) is 18.4 Å². The van der Waals surface area contributed by atoms with Crippen LogP contribution in [0.5, 0.6) is 0 Å². The number of nitrogens with two attached hydrogens (primary N) is 1. The number of alkyl halides is 3. The summed E-state index contributed by atoms with van der Waals surface area (Å²) in [6.45, 7) is 1.49.